The Morgan fingerprint density at radius 3 is 2.56 bits per heavy atom. The SMILES string of the molecule is CC(=O)Nc1c(C#N)c2nc(C#N)c(C#N)nc2n1C[C@H]1CCCO1. The number of nitriles is 3. The molecule has 0 radical (unpaired) electrons. The molecule has 9 nitrogen and oxygen atoms in total. The molecule has 1 aliphatic heterocycles. The summed E-state index contributed by atoms with van der Waals surface area (Å²) in [5.74, 6) is -0.103. The molecule has 124 valence electrons. The molecule has 2 aromatic rings. The number of fused-ring (bicyclic) bond motifs is 1. The van der Waals surface area contributed by atoms with Crippen molar-refractivity contribution < 1.29 is 9.53 Å². The maximum atomic E-state index is 11.6. The second kappa shape index (κ2) is 6.56. The van der Waals surface area contributed by atoms with Gasteiger partial charge in [0.25, 0.3) is 0 Å². The minimum atomic E-state index is -0.353. The number of nitrogens with zero attached hydrogens (tertiary/aromatic N) is 6. The number of carbonyl (C=O) groups excluding carboxylic acids is 1. The van der Waals surface area contributed by atoms with Gasteiger partial charge in [-0.1, -0.05) is 0 Å². The van der Waals surface area contributed by atoms with Crippen molar-refractivity contribution in [3.05, 3.63) is 17.0 Å². The van der Waals surface area contributed by atoms with Gasteiger partial charge >= 0.3 is 0 Å². The minimum Gasteiger partial charge on any atom is -0.376 e. The van der Waals surface area contributed by atoms with E-state index in [1.807, 2.05) is 12.1 Å². The first kappa shape index (κ1) is 16.4. The summed E-state index contributed by atoms with van der Waals surface area (Å²) in [5, 5.41) is 30.5. The Morgan fingerprint density at radius 2 is 2.00 bits per heavy atom. The molecule has 0 aliphatic carbocycles. The number of carbonyl (C=O) groups is 1. The molecule has 9 heteroatoms. The topological polar surface area (TPSA) is 140 Å². The van der Waals surface area contributed by atoms with Gasteiger partial charge < -0.3 is 14.6 Å². The fourth-order valence-corrected chi connectivity index (χ4v) is 2.86. The van der Waals surface area contributed by atoms with E-state index in [-0.39, 0.29) is 45.9 Å². The molecule has 1 amide bonds. The van der Waals surface area contributed by atoms with Gasteiger partial charge in [-0.2, -0.15) is 15.8 Å². The van der Waals surface area contributed by atoms with Crippen molar-refractivity contribution in [2.45, 2.75) is 32.4 Å². The summed E-state index contributed by atoms with van der Waals surface area (Å²) in [6.07, 6.45) is 1.69. The normalized spacial score (nSPS) is 16.2. The molecule has 0 aromatic carbocycles. The van der Waals surface area contributed by atoms with Gasteiger partial charge in [-0.05, 0) is 12.8 Å². The van der Waals surface area contributed by atoms with Crippen LogP contribution in [0.15, 0.2) is 0 Å². The van der Waals surface area contributed by atoms with Gasteiger partial charge in [-0.3, -0.25) is 4.79 Å². The Kier molecular flexibility index (Phi) is 4.30. The summed E-state index contributed by atoms with van der Waals surface area (Å²) in [6.45, 7) is 2.34. The largest absolute Gasteiger partial charge is 0.376 e. The van der Waals surface area contributed by atoms with E-state index in [0.29, 0.717) is 13.2 Å². The Balaban J connectivity index is 2.28. The first-order valence-corrected chi connectivity index (χ1v) is 7.62. The van der Waals surface area contributed by atoms with Crippen molar-refractivity contribution in [2.75, 3.05) is 11.9 Å². The van der Waals surface area contributed by atoms with Crippen molar-refractivity contribution in [1.29, 1.82) is 15.8 Å². The zero-order chi connectivity index (χ0) is 18.0. The van der Waals surface area contributed by atoms with Crippen molar-refractivity contribution >= 4 is 22.9 Å². The lowest BCUT2D eigenvalue weighted by molar-refractivity contribution is -0.114. The summed E-state index contributed by atoms with van der Waals surface area (Å²) >= 11 is 0. The molecule has 1 aliphatic rings. The zero-order valence-corrected chi connectivity index (χ0v) is 13.4. The van der Waals surface area contributed by atoms with Crippen LogP contribution in [0.25, 0.3) is 11.2 Å². The number of ether oxygens (including phenoxy) is 1. The van der Waals surface area contributed by atoms with E-state index in [9.17, 15) is 15.3 Å². The lowest BCUT2D eigenvalue weighted by Crippen LogP contribution is -2.19. The first-order chi connectivity index (χ1) is 12.1. The summed E-state index contributed by atoms with van der Waals surface area (Å²) < 4.78 is 7.25. The van der Waals surface area contributed by atoms with Crippen LogP contribution in [0, 0.1) is 34.0 Å². The van der Waals surface area contributed by atoms with Gasteiger partial charge in [0.15, 0.2) is 17.0 Å². The molecule has 2 aromatic heterocycles. The first-order valence-electron chi connectivity index (χ1n) is 7.62. The third-order valence-corrected chi connectivity index (χ3v) is 3.90. The number of amides is 1. The molecular weight excluding hydrogens is 322 g/mol. The van der Waals surface area contributed by atoms with Crippen LogP contribution in [0.5, 0.6) is 0 Å². The second-order valence-electron chi connectivity index (χ2n) is 5.58. The predicted octanol–water partition coefficient (Wildman–Crippen LogP) is 1.18. The quantitative estimate of drug-likeness (QED) is 0.887. The van der Waals surface area contributed by atoms with Gasteiger partial charge in [0.1, 0.15) is 35.1 Å². The van der Waals surface area contributed by atoms with E-state index in [2.05, 4.69) is 15.3 Å². The van der Waals surface area contributed by atoms with E-state index in [1.165, 1.54) is 6.92 Å². The fraction of sp³-hybridized carbons (Fsp3) is 0.375. The van der Waals surface area contributed by atoms with Crippen LogP contribution in [0.2, 0.25) is 0 Å². The van der Waals surface area contributed by atoms with E-state index in [0.717, 1.165) is 12.8 Å². The molecule has 1 saturated heterocycles. The van der Waals surface area contributed by atoms with Crippen LogP contribution in [-0.4, -0.2) is 33.2 Å². The average molecular weight is 335 g/mol. The second-order valence-corrected chi connectivity index (χ2v) is 5.58. The molecule has 1 N–H and O–H groups in total. The summed E-state index contributed by atoms with van der Waals surface area (Å²) in [6, 6.07) is 5.65. The van der Waals surface area contributed by atoms with Crippen LogP contribution in [-0.2, 0) is 16.1 Å². The van der Waals surface area contributed by atoms with E-state index < -0.39 is 0 Å². The lowest BCUT2D eigenvalue weighted by atomic mass is 10.2. The molecule has 3 heterocycles. The average Bonchev–Trinajstić information content (AvgIpc) is 3.20. The highest BCUT2D eigenvalue weighted by molar-refractivity contribution is 5.96. The van der Waals surface area contributed by atoms with Crippen LogP contribution in [0.4, 0.5) is 5.82 Å². The van der Waals surface area contributed by atoms with Crippen LogP contribution >= 0.6 is 0 Å². The molecule has 3 rings (SSSR count). The highest BCUT2D eigenvalue weighted by Gasteiger charge is 2.26. The molecule has 0 saturated carbocycles. The van der Waals surface area contributed by atoms with E-state index in [4.69, 9.17) is 10.00 Å². The molecule has 0 unspecified atom stereocenters. The van der Waals surface area contributed by atoms with Crippen molar-refractivity contribution in [3.8, 4) is 18.2 Å². The number of anilines is 1. The monoisotopic (exact) mass is 335 g/mol. The van der Waals surface area contributed by atoms with E-state index in [1.54, 1.807) is 10.6 Å². The number of hydrogen-bond donors (Lipinski definition) is 1. The van der Waals surface area contributed by atoms with Crippen molar-refractivity contribution in [1.82, 2.24) is 14.5 Å². The number of aromatic nitrogens is 3. The Morgan fingerprint density at radius 1 is 1.28 bits per heavy atom. The fourth-order valence-electron chi connectivity index (χ4n) is 2.86. The summed E-state index contributed by atoms with van der Waals surface area (Å²) in [5.41, 5.74) is 0.276. The molecule has 1 atom stereocenters. The van der Waals surface area contributed by atoms with Crippen molar-refractivity contribution in [2.24, 2.45) is 0 Å². The zero-order valence-electron chi connectivity index (χ0n) is 13.4. The number of rotatable bonds is 3. The predicted molar refractivity (Wildman–Crippen MR) is 85.0 cm³/mol. The highest BCUT2D eigenvalue weighted by atomic mass is 16.5. The standard InChI is InChI=1S/C16H13N7O2/c1-9(24)20-15-11(5-17)14-16(22-13(7-19)12(6-18)21-14)23(15)8-10-3-2-4-25-10/h10H,2-4,8H2,1H3,(H,20,24)/t10-/m1/s1. The third kappa shape index (κ3) is 2.87. The van der Waals surface area contributed by atoms with Gasteiger partial charge in [0.2, 0.25) is 5.91 Å². The minimum absolute atomic E-state index is 0.0855. The van der Waals surface area contributed by atoms with Gasteiger partial charge in [0, 0.05) is 13.5 Å². The highest BCUT2D eigenvalue weighted by Crippen LogP contribution is 2.30. The molecular formula is C16H13N7O2. The van der Waals surface area contributed by atoms with E-state index >= 15 is 0 Å². The molecule has 0 spiro atoms. The smallest absolute Gasteiger partial charge is 0.222 e. The molecule has 0 bridgehead atoms. The van der Waals surface area contributed by atoms with Gasteiger partial charge in [0.05, 0.1) is 12.6 Å². The number of nitrogens with one attached hydrogen (secondary N) is 1. The number of hydrogen-bond acceptors (Lipinski definition) is 7. The third-order valence-electron chi connectivity index (χ3n) is 3.90. The maximum Gasteiger partial charge on any atom is 0.222 e. The Hall–Kier alpha value is -3.48. The Labute approximate surface area is 143 Å². The molecule has 1 fully saturated rings. The van der Waals surface area contributed by atoms with Crippen molar-refractivity contribution in [3.63, 3.8) is 0 Å². The lowest BCUT2D eigenvalue weighted by Gasteiger charge is -2.14. The van der Waals surface area contributed by atoms with Gasteiger partial charge in [-0.15, -0.1) is 0 Å². The summed E-state index contributed by atoms with van der Waals surface area (Å²) in [7, 11) is 0. The van der Waals surface area contributed by atoms with Gasteiger partial charge in [-0.25, -0.2) is 9.97 Å². The maximum absolute atomic E-state index is 11.6. The summed E-state index contributed by atoms with van der Waals surface area (Å²) in [4.78, 5) is 19.9. The van der Waals surface area contributed by atoms with Crippen LogP contribution in [0.1, 0.15) is 36.7 Å². The van der Waals surface area contributed by atoms with Crippen LogP contribution in [0.3, 0.4) is 0 Å². The Bertz CT molecular complexity index is 981. The molecule has 25 heavy (non-hydrogen) atoms. The van der Waals surface area contributed by atoms with Crippen LogP contribution < -0.4 is 5.32 Å².